The van der Waals surface area contributed by atoms with Crippen molar-refractivity contribution in [1.82, 2.24) is 14.9 Å². The highest BCUT2D eigenvalue weighted by molar-refractivity contribution is 5.78. The van der Waals surface area contributed by atoms with Gasteiger partial charge in [-0.05, 0) is 24.5 Å². The van der Waals surface area contributed by atoms with E-state index in [0.717, 1.165) is 24.9 Å². The van der Waals surface area contributed by atoms with Crippen LogP contribution in [-0.2, 0) is 11.2 Å². The molecule has 2 heterocycles. The van der Waals surface area contributed by atoms with Crippen LogP contribution in [0.4, 0.5) is 0 Å². The van der Waals surface area contributed by atoms with Crippen molar-refractivity contribution in [3.8, 4) is 6.01 Å². The number of carbonyl (C=O) groups is 1. The van der Waals surface area contributed by atoms with Crippen molar-refractivity contribution in [3.63, 3.8) is 0 Å². The Morgan fingerprint density at radius 3 is 2.73 bits per heavy atom. The zero-order valence-corrected chi connectivity index (χ0v) is 12.4. The number of likely N-dealkylation sites (tertiary alicyclic amines) is 1. The van der Waals surface area contributed by atoms with Crippen molar-refractivity contribution in [3.05, 3.63) is 54.4 Å². The van der Waals surface area contributed by atoms with Crippen molar-refractivity contribution in [2.75, 3.05) is 13.1 Å². The van der Waals surface area contributed by atoms with Crippen molar-refractivity contribution in [2.24, 2.45) is 0 Å². The Hall–Kier alpha value is -2.43. The van der Waals surface area contributed by atoms with Gasteiger partial charge < -0.3 is 9.64 Å². The van der Waals surface area contributed by atoms with Gasteiger partial charge in [-0.1, -0.05) is 30.3 Å². The van der Waals surface area contributed by atoms with Gasteiger partial charge in [-0.2, -0.15) is 0 Å². The number of rotatable bonds is 4. The second-order valence-corrected chi connectivity index (χ2v) is 5.42. The molecule has 1 aromatic carbocycles. The molecular formula is C17H19N3O2. The Morgan fingerprint density at radius 1 is 1.18 bits per heavy atom. The molecular weight excluding hydrogens is 278 g/mol. The highest BCUT2D eigenvalue weighted by Gasteiger charge is 2.25. The van der Waals surface area contributed by atoms with E-state index in [4.69, 9.17) is 4.74 Å². The first-order valence-electron chi connectivity index (χ1n) is 7.56. The van der Waals surface area contributed by atoms with Gasteiger partial charge in [0.15, 0.2) is 0 Å². The molecule has 1 saturated heterocycles. The van der Waals surface area contributed by atoms with Crippen LogP contribution in [-0.4, -0.2) is 40.0 Å². The van der Waals surface area contributed by atoms with E-state index in [1.165, 1.54) is 0 Å². The normalized spacial score (nSPS) is 18.0. The van der Waals surface area contributed by atoms with E-state index in [1.807, 2.05) is 35.2 Å². The molecule has 1 aliphatic heterocycles. The smallest absolute Gasteiger partial charge is 0.316 e. The van der Waals surface area contributed by atoms with E-state index in [1.54, 1.807) is 18.5 Å². The molecule has 0 spiro atoms. The topological polar surface area (TPSA) is 55.3 Å². The summed E-state index contributed by atoms with van der Waals surface area (Å²) in [4.78, 5) is 22.4. The van der Waals surface area contributed by atoms with E-state index in [-0.39, 0.29) is 12.0 Å². The minimum atomic E-state index is -0.0316. The molecule has 22 heavy (non-hydrogen) atoms. The van der Waals surface area contributed by atoms with Crippen LogP contribution < -0.4 is 4.74 Å². The van der Waals surface area contributed by atoms with Crippen LogP contribution in [0, 0.1) is 0 Å². The van der Waals surface area contributed by atoms with Gasteiger partial charge in [0.25, 0.3) is 0 Å². The van der Waals surface area contributed by atoms with E-state index in [2.05, 4.69) is 9.97 Å². The van der Waals surface area contributed by atoms with Crippen molar-refractivity contribution >= 4 is 5.91 Å². The first-order valence-corrected chi connectivity index (χ1v) is 7.56. The molecule has 114 valence electrons. The van der Waals surface area contributed by atoms with Gasteiger partial charge in [0.2, 0.25) is 5.91 Å². The average Bonchev–Trinajstić information content (AvgIpc) is 2.57. The summed E-state index contributed by atoms with van der Waals surface area (Å²) in [5.74, 6) is 0.147. The predicted octanol–water partition coefficient (Wildman–Crippen LogP) is 2.09. The lowest BCUT2D eigenvalue weighted by Gasteiger charge is -2.32. The molecule has 1 fully saturated rings. The van der Waals surface area contributed by atoms with Gasteiger partial charge in [0.05, 0.1) is 13.0 Å². The lowest BCUT2D eigenvalue weighted by atomic mass is 10.1. The number of hydrogen-bond donors (Lipinski definition) is 0. The maximum atomic E-state index is 12.4. The van der Waals surface area contributed by atoms with E-state index in [0.29, 0.717) is 19.0 Å². The summed E-state index contributed by atoms with van der Waals surface area (Å²) in [6, 6.07) is 12.0. The maximum absolute atomic E-state index is 12.4. The molecule has 1 amide bonds. The summed E-state index contributed by atoms with van der Waals surface area (Å²) in [6.45, 7) is 1.39. The number of ether oxygens (including phenoxy) is 1. The molecule has 0 N–H and O–H groups in total. The van der Waals surface area contributed by atoms with Gasteiger partial charge in [-0.3, -0.25) is 4.79 Å². The maximum Gasteiger partial charge on any atom is 0.316 e. The summed E-state index contributed by atoms with van der Waals surface area (Å²) in [7, 11) is 0. The number of piperidine rings is 1. The third-order valence-electron chi connectivity index (χ3n) is 3.74. The average molecular weight is 297 g/mol. The molecule has 0 radical (unpaired) electrons. The molecule has 0 bridgehead atoms. The summed E-state index contributed by atoms with van der Waals surface area (Å²) in [6.07, 6.45) is 5.59. The first-order chi connectivity index (χ1) is 10.8. The predicted molar refractivity (Wildman–Crippen MR) is 82.4 cm³/mol. The van der Waals surface area contributed by atoms with Gasteiger partial charge >= 0.3 is 6.01 Å². The van der Waals surface area contributed by atoms with E-state index < -0.39 is 0 Å². The van der Waals surface area contributed by atoms with Crippen LogP contribution in [0.2, 0.25) is 0 Å². The summed E-state index contributed by atoms with van der Waals surface area (Å²) in [5, 5.41) is 0. The fourth-order valence-corrected chi connectivity index (χ4v) is 2.64. The lowest BCUT2D eigenvalue weighted by Crippen LogP contribution is -2.45. The molecule has 0 aliphatic carbocycles. The SMILES string of the molecule is O=C(Cc1ccccc1)N1CCC[C@H](Oc2ncccn2)C1. The standard InChI is InChI=1S/C17H19N3O2/c21-16(12-14-6-2-1-3-7-14)20-11-4-8-15(13-20)22-17-18-9-5-10-19-17/h1-3,5-7,9-10,15H,4,8,11-13H2/t15-/m0/s1. The highest BCUT2D eigenvalue weighted by Crippen LogP contribution is 2.16. The molecule has 1 aliphatic rings. The molecule has 3 rings (SSSR count). The summed E-state index contributed by atoms with van der Waals surface area (Å²) >= 11 is 0. The van der Waals surface area contributed by atoms with Gasteiger partial charge in [-0.25, -0.2) is 9.97 Å². The number of amides is 1. The minimum Gasteiger partial charge on any atom is -0.458 e. The zero-order chi connectivity index (χ0) is 15.2. The van der Waals surface area contributed by atoms with Crippen molar-refractivity contribution in [2.45, 2.75) is 25.4 Å². The number of aromatic nitrogens is 2. The Kier molecular flexibility index (Phi) is 4.63. The van der Waals surface area contributed by atoms with Crippen LogP contribution >= 0.6 is 0 Å². The van der Waals surface area contributed by atoms with Crippen LogP contribution in [0.3, 0.4) is 0 Å². The fourth-order valence-electron chi connectivity index (χ4n) is 2.64. The molecule has 1 aromatic heterocycles. The van der Waals surface area contributed by atoms with Gasteiger partial charge in [-0.15, -0.1) is 0 Å². The summed E-state index contributed by atoms with van der Waals surface area (Å²) < 4.78 is 5.77. The second-order valence-electron chi connectivity index (χ2n) is 5.42. The van der Waals surface area contributed by atoms with Crippen molar-refractivity contribution in [1.29, 1.82) is 0 Å². The monoisotopic (exact) mass is 297 g/mol. The first kappa shape index (κ1) is 14.5. The Labute approximate surface area is 130 Å². The van der Waals surface area contributed by atoms with Gasteiger partial charge in [0.1, 0.15) is 6.10 Å². The molecule has 1 atom stereocenters. The highest BCUT2D eigenvalue weighted by atomic mass is 16.5. The molecule has 0 unspecified atom stereocenters. The van der Waals surface area contributed by atoms with Crippen LogP contribution in [0.5, 0.6) is 6.01 Å². The molecule has 5 nitrogen and oxygen atoms in total. The summed E-state index contributed by atoms with van der Waals surface area (Å²) in [5.41, 5.74) is 1.04. The number of hydrogen-bond acceptors (Lipinski definition) is 4. The minimum absolute atomic E-state index is 0.0316. The number of carbonyl (C=O) groups excluding carboxylic acids is 1. The van der Waals surface area contributed by atoms with Crippen LogP contribution in [0.25, 0.3) is 0 Å². The lowest BCUT2D eigenvalue weighted by molar-refractivity contribution is -0.133. The number of nitrogens with zero attached hydrogens (tertiary/aromatic N) is 3. The van der Waals surface area contributed by atoms with Crippen LogP contribution in [0.1, 0.15) is 18.4 Å². The zero-order valence-electron chi connectivity index (χ0n) is 12.4. The third-order valence-corrected chi connectivity index (χ3v) is 3.74. The van der Waals surface area contributed by atoms with Crippen LogP contribution in [0.15, 0.2) is 48.8 Å². The van der Waals surface area contributed by atoms with Gasteiger partial charge in [0, 0.05) is 18.9 Å². The fraction of sp³-hybridized carbons (Fsp3) is 0.353. The van der Waals surface area contributed by atoms with E-state index >= 15 is 0 Å². The number of benzene rings is 1. The quantitative estimate of drug-likeness (QED) is 0.867. The Bertz CT molecular complexity index is 604. The Morgan fingerprint density at radius 2 is 1.95 bits per heavy atom. The molecule has 0 saturated carbocycles. The largest absolute Gasteiger partial charge is 0.458 e. The van der Waals surface area contributed by atoms with E-state index in [9.17, 15) is 4.79 Å². The molecule has 5 heteroatoms. The Balaban J connectivity index is 1.57. The second kappa shape index (κ2) is 7.02. The molecule has 2 aromatic rings. The van der Waals surface area contributed by atoms with Crippen molar-refractivity contribution < 1.29 is 9.53 Å². The third kappa shape index (κ3) is 3.81.